The number of hydrogen-bond acceptors (Lipinski definition) is 3. The highest BCUT2D eigenvalue weighted by atomic mass is 31.2. The van der Waals surface area contributed by atoms with Gasteiger partial charge in [0.15, 0.2) is 0 Å². The second-order valence-corrected chi connectivity index (χ2v) is 9.89. The van der Waals surface area contributed by atoms with Gasteiger partial charge < -0.3 is 4.57 Å². The van der Waals surface area contributed by atoms with E-state index in [1.807, 2.05) is 6.92 Å². The highest BCUT2D eigenvalue weighted by molar-refractivity contribution is 8.01. The van der Waals surface area contributed by atoms with Gasteiger partial charge in [-0.1, -0.05) is 66.2 Å². The number of carbonyl (C=O) groups is 2. The first kappa shape index (κ1) is 22.7. The second-order valence-electron chi connectivity index (χ2n) is 7.37. The van der Waals surface area contributed by atoms with Crippen LogP contribution in [0.3, 0.4) is 0 Å². The maximum atomic E-state index is 14.3. The minimum Gasteiger partial charge on any atom is -0.302 e. The molecule has 0 aliphatic rings. The average Bonchev–Trinajstić information content (AvgIpc) is 2.71. The summed E-state index contributed by atoms with van der Waals surface area (Å²) in [5, 5.41) is -0.791. The molecule has 0 saturated heterocycles. The van der Waals surface area contributed by atoms with Crippen LogP contribution in [0, 0.1) is 20.8 Å². The third kappa shape index (κ3) is 4.13. The molecule has 3 aromatic carbocycles. The number of benzene rings is 3. The third-order valence-corrected chi connectivity index (χ3v) is 7.73. The molecule has 0 heterocycles. The van der Waals surface area contributed by atoms with Crippen LogP contribution in [0.1, 0.15) is 43.0 Å². The molecule has 0 fully saturated rings. The Morgan fingerprint density at radius 2 is 1.29 bits per heavy atom. The van der Waals surface area contributed by atoms with Gasteiger partial charge in [0.05, 0.1) is 5.56 Å². The van der Waals surface area contributed by atoms with Crippen LogP contribution in [-0.2, 0) is 10.7 Å². The summed E-state index contributed by atoms with van der Waals surface area (Å²) < 4.78 is 55.6. The van der Waals surface area contributed by atoms with Crippen LogP contribution in [0.15, 0.2) is 66.7 Å². The first-order valence-electron chi connectivity index (χ1n) is 9.47. The van der Waals surface area contributed by atoms with Crippen molar-refractivity contribution in [2.24, 2.45) is 0 Å². The number of halogens is 3. The molecule has 31 heavy (non-hydrogen) atoms. The van der Waals surface area contributed by atoms with Crippen molar-refractivity contribution in [3.8, 4) is 0 Å². The van der Waals surface area contributed by atoms with E-state index in [-0.39, 0.29) is 11.1 Å². The molecule has 0 amide bonds. The van der Waals surface area contributed by atoms with Gasteiger partial charge in [-0.15, -0.1) is 0 Å². The fourth-order valence-corrected chi connectivity index (χ4v) is 6.38. The van der Waals surface area contributed by atoms with E-state index < -0.39 is 35.2 Å². The topological polar surface area (TPSA) is 51.2 Å². The largest absolute Gasteiger partial charge is 0.417 e. The summed E-state index contributed by atoms with van der Waals surface area (Å²) in [5.41, 5.74) is -1.79. The molecule has 0 saturated carbocycles. The molecular formula is C24H20F3O3P. The quantitative estimate of drug-likeness (QED) is 0.434. The van der Waals surface area contributed by atoms with Gasteiger partial charge in [-0.3, -0.25) is 9.59 Å². The minimum absolute atomic E-state index is 0.00944. The first-order valence-corrected chi connectivity index (χ1v) is 11.2. The zero-order valence-electron chi connectivity index (χ0n) is 17.2. The molecule has 0 spiro atoms. The summed E-state index contributed by atoms with van der Waals surface area (Å²) >= 11 is 0. The van der Waals surface area contributed by atoms with Crippen molar-refractivity contribution in [2.75, 3.05) is 0 Å². The molecule has 0 radical (unpaired) electrons. The van der Waals surface area contributed by atoms with Crippen molar-refractivity contribution in [1.29, 1.82) is 0 Å². The van der Waals surface area contributed by atoms with Crippen LogP contribution in [0.5, 0.6) is 0 Å². The van der Waals surface area contributed by atoms with Gasteiger partial charge in [-0.25, -0.2) is 0 Å². The Bertz CT molecular complexity index is 1190. The molecule has 3 rings (SSSR count). The maximum Gasteiger partial charge on any atom is 0.417 e. The lowest BCUT2D eigenvalue weighted by molar-refractivity contribution is -0.136. The monoisotopic (exact) mass is 444 g/mol. The van der Waals surface area contributed by atoms with E-state index in [0.29, 0.717) is 11.1 Å². The fourth-order valence-electron chi connectivity index (χ4n) is 3.74. The van der Waals surface area contributed by atoms with Crippen molar-refractivity contribution in [3.05, 3.63) is 100 Å². The van der Waals surface area contributed by atoms with Crippen LogP contribution >= 0.6 is 7.14 Å². The van der Waals surface area contributed by atoms with Crippen LogP contribution in [0.4, 0.5) is 13.2 Å². The van der Waals surface area contributed by atoms with Gasteiger partial charge in [0, 0.05) is 16.4 Å². The Labute approximate surface area is 178 Å². The van der Waals surface area contributed by atoms with E-state index in [9.17, 15) is 27.3 Å². The van der Waals surface area contributed by atoms with Crippen LogP contribution < -0.4 is 5.30 Å². The summed E-state index contributed by atoms with van der Waals surface area (Å²) in [5.74, 6) is 0. The predicted molar refractivity (Wildman–Crippen MR) is 114 cm³/mol. The molecule has 0 N–H and O–H groups in total. The standard InChI is InChI=1S/C24H20F3O3P/c1-15-13-16(2)21(17(3)14-15)23(29)31(30,22(28)18-9-5-4-6-10-18)20-12-8-7-11-19(20)24(25,26)27/h4-14H,1-3H3. The van der Waals surface area contributed by atoms with Crippen LogP contribution in [0.2, 0.25) is 0 Å². The van der Waals surface area contributed by atoms with E-state index in [4.69, 9.17) is 0 Å². The normalized spacial score (nSPS) is 13.5. The van der Waals surface area contributed by atoms with Gasteiger partial charge in [0.25, 0.3) is 0 Å². The molecule has 7 heteroatoms. The van der Waals surface area contributed by atoms with Gasteiger partial charge in [-0.05, 0) is 38.0 Å². The maximum absolute atomic E-state index is 14.3. The zero-order chi connectivity index (χ0) is 23.0. The van der Waals surface area contributed by atoms with Crippen molar-refractivity contribution < 1.29 is 27.3 Å². The van der Waals surface area contributed by atoms with Crippen LogP contribution in [-0.4, -0.2) is 11.0 Å². The molecule has 0 bridgehead atoms. The molecule has 1 atom stereocenters. The van der Waals surface area contributed by atoms with E-state index in [1.54, 1.807) is 32.0 Å². The van der Waals surface area contributed by atoms with E-state index in [2.05, 4.69) is 0 Å². The summed E-state index contributed by atoms with van der Waals surface area (Å²) in [6, 6.07) is 14.7. The van der Waals surface area contributed by atoms with Gasteiger partial charge in [0.2, 0.25) is 18.2 Å². The molecule has 0 aromatic heterocycles. The first-order chi connectivity index (χ1) is 14.5. The number of alkyl halides is 3. The number of aryl methyl sites for hydroxylation is 3. The van der Waals surface area contributed by atoms with Crippen molar-refractivity contribution in [2.45, 2.75) is 26.9 Å². The van der Waals surface area contributed by atoms with E-state index in [0.717, 1.165) is 23.8 Å². The van der Waals surface area contributed by atoms with Gasteiger partial charge in [-0.2, -0.15) is 13.2 Å². The SMILES string of the molecule is Cc1cc(C)c(C(=O)P(=O)(C(=O)c2ccccc2)c2ccccc2C(F)(F)F)c(C)c1. The van der Waals surface area contributed by atoms with Gasteiger partial charge in [0.1, 0.15) is 0 Å². The number of hydrogen-bond donors (Lipinski definition) is 0. The summed E-state index contributed by atoms with van der Waals surface area (Å²) in [4.78, 5) is 27.1. The molecule has 0 aliphatic heterocycles. The van der Waals surface area contributed by atoms with Gasteiger partial charge >= 0.3 is 6.18 Å². The Kier molecular flexibility index (Phi) is 6.06. The lowest BCUT2D eigenvalue weighted by Gasteiger charge is -2.22. The molecule has 3 nitrogen and oxygen atoms in total. The van der Waals surface area contributed by atoms with E-state index in [1.165, 1.54) is 30.3 Å². The molecule has 3 aromatic rings. The molecule has 160 valence electrons. The average molecular weight is 444 g/mol. The minimum atomic E-state index is -4.90. The number of rotatable bonds is 5. The number of carbonyl (C=O) groups excluding carboxylic acids is 2. The molecular weight excluding hydrogens is 424 g/mol. The summed E-state index contributed by atoms with van der Waals surface area (Å²) in [7, 11) is -4.90. The summed E-state index contributed by atoms with van der Waals surface area (Å²) in [6.07, 6.45) is -4.89. The Balaban J connectivity index is 2.37. The highest BCUT2D eigenvalue weighted by Crippen LogP contribution is 2.54. The zero-order valence-corrected chi connectivity index (χ0v) is 18.1. The lowest BCUT2D eigenvalue weighted by atomic mass is 10.0. The highest BCUT2D eigenvalue weighted by Gasteiger charge is 2.48. The second kappa shape index (κ2) is 8.27. The Hall–Kier alpha value is -2.98. The van der Waals surface area contributed by atoms with Crippen molar-refractivity contribution >= 4 is 23.5 Å². The third-order valence-electron chi connectivity index (χ3n) is 5.03. The smallest absolute Gasteiger partial charge is 0.302 e. The Morgan fingerprint density at radius 1 is 0.774 bits per heavy atom. The van der Waals surface area contributed by atoms with Crippen molar-refractivity contribution in [3.63, 3.8) is 0 Å². The molecule has 0 aliphatic carbocycles. The summed E-state index contributed by atoms with van der Waals surface area (Å²) in [6.45, 7) is 5.03. The van der Waals surface area contributed by atoms with Crippen molar-refractivity contribution in [1.82, 2.24) is 0 Å². The predicted octanol–water partition coefficient (Wildman–Crippen LogP) is 6.30. The lowest BCUT2D eigenvalue weighted by Crippen LogP contribution is -2.27. The van der Waals surface area contributed by atoms with Crippen LogP contribution in [0.25, 0.3) is 0 Å². The van der Waals surface area contributed by atoms with E-state index >= 15 is 0 Å². The fraction of sp³-hybridized carbons (Fsp3) is 0.167. The Morgan fingerprint density at radius 3 is 1.84 bits per heavy atom. The molecule has 1 unspecified atom stereocenters.